The molecule has 19 heavy (non-hydrogen) atoms. The molecule has 1 aromatic rings. The highest BCUT2D eigenvalue weighted by Gasteiger charge is 2.43. The van der Waals surface area contributed by atoms with Gasteiger partial charge in [0.25, 0.3) is 0 Å². The number of nitrogens with two attached hydrogens (primary N) is 1. The van der Waals surface area contributed by atoms with E-state index in [1.165, 1.54) is 0 Å². The molecule has 1 aliphatic carbocycles. The van der Waals surface area contributed by atoms with E-state index < -0.39 is 0 Å². The van der Waals surface area contributed by atoms with Crippen LogP contribution in [0.1, 0.15) is 37.3 Å². The third-order valence-electron chi connectivity index (χ3n) is 4.08. The van der Waals surface area contributed by atoms with Gasteiger partial charge in [0, 0.05) is 24.1 Å². The van der Waals surface area contributed by atoms with Crippen LogP contribution in [0.5, 0.6) is 5.75 Å². The van der Waals surface area contributed by atoms with Gasteiger partial charge in [-0.05, 0) is 25.3 Å². The van der Waals surface area contributed by atoms with E-state index in [0.29, 0.717) is 12.5 Å². The summed E-state index contributed by atoms with van der Waals surface area (Å²) >= 11 is 0. The topological polar surface area (TPSA) is 55.6 Å². The second-order valence-electron chi connectivity index (χ2n) is 5.42. The van der Waals surface area contributed by atoms with E-state index in [1.807, 2.05) is 29.2 Å². The summed E-state index contributed by atoms with van der Waals surface area (Å²) in [5.41, 5.74) is 7.34. The lowest BCUT2D eigenvalue weighted by Gasteiger charge is -2.40. The first-order valence-corrected chi connectivity index (χ1v) is 6.92. The van der Waals surface area contributed by atoms with Gasteiger partial charge in [0.15, 0.2) is 0 Å². The predicted octanol–water partition coefficient (Wildman–Crippen LogP) is 1.85. The molecule has 2 N–H and O–H groups in total. The number of carbonyl (C=O) groups is 1. The van der Waals surface area contributed by atoms with Crippen molar-refractivity contribution in [1.29, 1.82) is 0 Å². The zero-order valence-corrected chi connectivity index (χ0v) is 11.2. The molecule has 2 fully saturated rings. The Hall–Kier alpha value is -1.55. The van der Waals surface area contributed by atoms with E-state index in [0.717, 1.165) is 30.6 Å². The Bertz CT molecular complexity index is 485. The minimum Gasteiger partial charge on any atom is -0.496 e. The van der Waals surface area contributed by atoms with Crippen LogP contribution in [0.3, 0.4) is 0 Å². The number of piperidine rings is 1. The first-order chi connectivity index (χ1) is 9.22. The van der Waals surface area contributed by atoms with Crippen LogP contribution in [-0.2, 0) is 4.79 Å². The minimum absolute atomic E-state index is 0.00500. The van der Waals surface area contributed by atoms with Crippen molar-refractivity contribution < 1.29 is 9.53 Å². The number of para-hydroxylation sites is 1. The minimum atomic E-state index is -0.0371. The molecule has 4 nitrogen and oxygen atoms in total. The van der Waals surface area contributed by atoms with Gasteiger partial charge in [-0.25, -0.2) is 0 Å². The van der Waals surface area contributed by atoms with E-state index in [2.05, 4.69) is 0 Å². The molecule has 102 valence electrons. The molecule has 2 atom stereocenters. The number of likely N-dealkylation sites (tertiary alicyclic amines) is 1. The summed E-state index contributed by atoms with van der Waals surface area (Å²) in [6.45, 7) is 0. The molecule has 4 heteroatoms. The third kappa shape index (κ3) is 2.21. The monoisotopic (exact) mass is 260 g/mol. The number of nitrogens with zero attached hydrogens (tertiary/aromatic N) is 1. The van der Waals surface area contributed by atoms with Gasteiger partial charge in [-0.2, -0.15) is 0 Å². The Balaban J connectivity index is 2.00. The number of hydrogen-bond donors (Lipinski definition) is 1. The van der Waals surface area contributed by atoms with Gasteiger partial charge < -0.3 is 15.4 Å². The highest BCUT2D eigenvalue weighted by atomic mass is 16.5. The molecule has 1 saturated heterocycles. The van der Waals surface area contributed by atoms with Gasteiger partial charge in [0.2, 0.25) is 5.91 Å². The van der Waals surface area contributed by atoms with Crippen LogP contribution in [0.15, 0.2) is 24.3 Å². The maximum atomic E-state index is 12.2. The van der Waals surface area contributed by atoms with Crippen LogP contribution in [0, 0.1) is 0 Å². The number of amides is 1. The van der Waals surface area contributed by atoms with Crippen molar-refractivity contribution >= 4 is 5.91 Å². The lowest BCUT2D eigenvalue weighted by Crippen LogP contribution is -2.49. The normalized spacial score (nSPS) is 27.5. The molecule has 2 aliphatic rings. The van der Waals surface area contributed by atoms with Crippen LogP contribution in [0.2, 0.25) is 0 Å². The van der Waals surface area contributed by atoms with Crippen LogP contribution < -0.4 is 10.5 Å². The van der Waals surface area contributed by atoms with Gasteiger partial charge in [-0.1, -0.05) is 18.2 Å². The first-order valence-electron chi connectivity index (χ1n) is 6.92. The molecule has 1 heterocycles. The van der Waals surface area contributed by atoms with Crippen molar-refractivity contribution in [1.82, 2.24) is 4.90 Å². The Morgan fingerprint density at radius 2 is 2.00 bits per heavy atom. The van der Waals surface area contributed by atoms with E-state index in [1.54, 1.807) is 7.11 Å². The number of benzene rings is 1. The number of ether oxygens (including phenoxy) is 1. The summed E-state index contributed by atoms with van der Waals surface area (Å²) in [4.78, 5) is 14.2. The summed E-state index contributed by atoms with van der Waals surface area (Å²) < 4.78 is 5.44. The Morgan fingerprint density at radius 3 is 2.68 bits per heavy atom. The molecule has 1 aliphatic heterocycles. The van der Waals surface area contributed by atoms with Crippen molar-refractivity contribution in [2.45, 2.75) is 43.8 Å². The quantitative estimate of drug-likeness (QED) is 0.902. The summed E-state index contributed by atoms with van der Waals surface area (Å²) in [6, 6.07) is 8.23. The second kappa shape index (κ2) is 4.85. The molecule has 1 saturated carbocycles. The highest BCUT2D eigenvalue weighted by Crippen LogP contribution is 2.42. The maximum Gasteiger partial charge on any atom is 0.223 e. The average molecular weight is 260 g/mol. The van der Waals surface area contributed by atoms with Crippen molar-refractivity contribution in [3.05, 3.63) is 29.8 Å². The summed E-state index contributed by atoms with van der Waals surface area (Å²) in [6.07, 6.45) is 3.53. The fourth-order valence-corrected chi connectivity index (χ4v) is 3.01. The number of rotatable bonds is 3. The van der Waals surface area contributed by atoms with E-state index in [4.69, 9.17) is 10.5 Å². The summed E-state index contributed by atoms with van der Waals surface area (Å²) in [5, 5.41) is 0. The van der Waals surface area contributed by atoms with Gasteiger partial charge in [-0.15, -0.1) is 0 Å². The van der Waals surface area contributed by atoms with Crippen LogP contribution in [-0.4, -0.2) is 30.0 Å². The molecule has 1 amide bonds. The van der Waals surface area contributed by atoms with Crippen molar-refractivity contribution in [2.24, 2.45) is 5.73 Å². The van der Waals surface area contributed by atoms with Gasteiger partial charge in [0.1, 0.15) is 5.75 Å². The van der Waals surface area contributed by atoms with Crippen LogP contribution in [0.4, 0.5) is 0 Å². The Labute approximate surface area is 113 Å². The van der Waals surface area contributed by atoms with Gasteiger partial charge >= 0.3 is 0 Å². The smallest absolute Gasteiger partial charge is 0.223 e. The van der Waals surface area contributed by atoms with Crippen molar-refractivity contribution in [2.75, 3.05) is 7.11 Å². The Morgan fingerprint density at radius 1 is 1.26 bits per heavy atom. The van der Waals surface area contributed by atoms with E-state index >= 15 is 0 Å². The number of methoxy groups -OCH3 is 1. The molecule has 2 unspecified atom stereocenters. The fraction of sp³-hybridized carbons (Fsp3) is 0.533. The Kier molecular flexibility index (Phi) is 3.19. The molecule has 0 bridgehead atoms. The van der Waals surface area contributed by atoms with E-state index in [9.17, 15) is 4.79 Å². The first kappa shape index (κ1) is 12.5. The lowest BCUT2D eigenvalue weighted by atomic mass is 9.89. The zero-order valence-electron chi connectivity index (χ0n) is 11.2. The molecular formula is C15H20N2O2. The molecule has 0 aromatic heterocycles. The SMILES string of the molecule is COc1ccccc1C1C(N)CCC(=O)N1C1CC1. The molecule has 1 aromatic carbocycles. The largest absolute Gasteiger partial charge is 0.496 e. The molecule has 3 rings (SSSR count). The third-order valence-corrected chi connectivity index (χ3v) is 4.08. The van der Waals surface area contributed by atoms with Gasteiger partial charge in [0.05, 0.1) is 13.2 Å². The predicted molar refractivity (Wildman–Crippen MR) is 72.8 cm³/mol. The summed E-state index contributed by atoms with van der Waals surface area (Å²) in [5.74, 6) is 1.06. The van der Waals surface area contributed by atoms with Gasteiger partial charge in [-0.3, -0.25) is 4.79 Å². The highest BCUT2D eigenvalue weighted by molar-refractivity contribution is 5.78. The molecule has 0 spiro atoms. The lowest BCUT2D eigenvalue weighted by molar-refractivity contribution is -0.138. The number of carbonyl (C=O) groups excluding carboxylic acids is 1. The standard InChI is InChI=1S/C15H20N2O2/c1-19-13-5-3-2-4-11(13)15-12(16)8-9-14(18)17(15)10-6-7-10/h2-5,10,12,15H,6-9,16H2,1H3. The zero-order chi connectivity index (χ0) is 13.4. The van der Waals surface area contributed by atoms with Crippen LogP contribution >= 0.6 is 0 Å². The van der Waals surface area contributed by atoms with Crippen molar-refractivity contribution in [3.8, 4) is 5.75 Å². The number of hydrogen-bond acceptors (Lipinski definition) is 3. The second-order valence-corrected chi connectivity index (χ2v) is 5.42. The van der Waals surface area contributed by atoms with Crippen molar-refractivity contribution in [3.63, 3.8) is 0 Å². The maximum absolute atomic E-state index is 12.2. The fourth-order valence-electron chi connectivity index (χ4n) is 3.01. The van der Waals surface area contributed by atoms with E-state index in [-0.39, 0.29) is 18.0 Å². The van der Waals surface area contributed by atoms with Crippen LogP contribution in [0.25, 0.3) is 0 Å². The molecular weight excluding hydrogens is 240 g/mol. The molecule has 0 radical (unpaired) electrons. The summed E-state index contributed by atoms with van der Waals surface area (Å²) in [7, 11) is 1.66. The average Bonchev–Trinajstić information content (AvgIpc) is 3.25.